The minimum absolute atomic E-state index is 0.539. The van der Waals surface area contributed by atoms with E-state index in [1.807, 2.05) is 19.1 Å². The molecule has 1 aliphatic carbocycles. The van der Waals surface area contributed by atoms with Gasteiger partial charge in [-0.2, -0.15) is 5.26 Å². The topological polar surface area (TPSA) is 62.7 Å². The standard InChI is InChI=1S/C22H21N3S/c1-14-8-20(24)19(12-23)10-18(14)11-22-25-21(13-26-22)17-7-6-15-4-2-3-5-16(15)9-17/h6-10,13H,2-5,11,24H2,1H3. The molecule has 3 nitrogen and oxygen atoms in total. The van der Waals surface area contributed by atoms with Crippen LogP contribution in [0.1, 0.15) is 45.7 Å². The number of nitrogens with two attached hydrogens (primary N) is 1. The Labute approximate surface area is 158 Å². The molecule has 0 fully saturated rings. The molecule has 4 rings (SSSR count). The van der Waals surface area contributed by atoms with Crippen LogP contribution in [0.4, 0.5) is 5.69 Å². The van der Waals surface area contributed by atoms with Gasteiger partial charge in [-0.25, -0.2) is 4.98 Å². The number of fused-ring (bicyclic) bond motifs is 1. The van der Waals surface area contributed by atoms with E-state index >= 15 is 0 Å². The summed E-state index contributed by atoms with van der Waals surface area (Å²) in [6.07, 6.45) is 5.71. The van der Waals surface area contributed by atoms with Gasteiger partial charge in [0.25, 0.3) is 0 Å². The number of nitrogens with zero attached hydrogens (tertiary/aromatic N) is 2. The Bertz CT molecular complexity index is 1010. The van der Waals surface area contributed by atoms with Crippen molar-refractivity contribution in [3.8, 4) is 17.3 Å². The number of rotatable bonds is 3. The summed E-state index contributed by atoms with van der Waals surface area (Å²) in [4.78, 5) is 4.85. The van der Waals surface area contributed by atoms with Crippen molar-refractivity contribution in [3.63, 3.8) is 0 Å². The molecule has 1 heterocycles. The average molecular weight is 359 g/mol. The number of hydrogen-bond donors (Lipinski definition) is 1. The molecule has 26 heavy (non-hydrogen) atoms. The third-order valence-corrected chi connectivity index (χ3v) is 6.02. The predicted molar refractivity (Wildman–Crippen MR) is 107 cm³/mol. The number of aryl methyl sites for hydroxylation is 3. The lowest BCUT2D eigenvalue weighted by molar-refractivity contribution is 0.686. The first-order valence-electron chi connectivity index (χ1n) is 8.99. The molecule has 0 atom stereocenters. The molecule has 0 amide bonds. The van der Waals surface area contributed by atoms with Crippen LogP contribution in [0.5, 0.6) is 0 Å². The second-order valence-corrected chi connectivity index (χ2v) is 7.91. The zero-order chi connectivity index (χ0) is 18.1. The zero-order valence-electron chi connectivity index (χ0n) is 14.9. The quantitative estimate of drug-likeness (QED) is 0.666. The second-order valence-electron chi connectivity index (χ2n) is 6.97. The number of benzene rings is 2. The van der Waals surface area contributed by atoms with Crippen molar-refractivity contribution < 1.29 is 0 Å². The Morgan fingerprint density at radius 3 is 2.77 bits per heavy atom. The lowest BCUT2D eigenvalue weighted by Crippen LogP contribution is -2.02. The number of hydrogen-bond acceptors (Lipinski definition) is 4. The van der Waals surface area contributed by atoms with Gasteiger partial charge in [0.05, 0.1) is 16.3 Å². The fourth-order valence-electron chi connectivity index (χ4n) is 3.64. The summed E-state index contributed by atoms with van der Waals surface area (Å²) in [5, 5.41) is 12.4. The van der Waals surface area contributed by atoms with Crippen molar-refractivity contribution in [3.05, 3.63) is 68.5 Å². The lowest BCUT2D eigenvalue weighted by Gasteiger charge is -2.16. The molecule has 0 aliphatic heterocycles. The summed E-state index contributed by atoms with van der Waals surface area (Å²) >= 11 is 1.68. The summed E-state index contributed by atoms with van der Waals surface area (Å²) in [5.41, 5.74) is 14.4. The van der Waals surface area contributed by atoms with E-state index in [9.17, 15) is 5.26 Å². The van der Waals surface area contributed by atoms with Crippen LogP contribution in [-0.4, -0.2) is 4.98 Å². The van der Waals surface area contributed by atoms with Gasteiger partial charge in [-0.05, 0) is 73.1 Å². The molecule has 0 saturated heterocycles. The molecule has 0 spiro atoms. The molecule has 4 heteroatoms. The van der Waals surface area contributed by atoms with Gasteiger partial charge in [0.15, 0.2) is 0 Å². The van der Waals surface area contributed by atoms with Gasteiger partial charge in [-0.3, -0.25) is 0 Å². The molecule has 1 aromatic heterocycles. The van der Waals surface area contributed by atoms with Crippen molar-refractivity contribution in [2.75, 3.05) is 5.73 Å². The first kappa shape index (κ1) is 16.8. The van der Waals surface area contributed by atoms with Gasteiger partial charge in [-0.1, -0.05) is 12.1 Å². The molecule has 2 N–H and O–H groups in total. The Kier molecular flexibility index (Phi) is 4.48. The minimum atomic E-state index is 0.539. The van der Waals surface area contributed by atoms with Crippen molar-refractivity contribution in [2.24, 2.45) is 0 Å². The highest BCUT2D eigenvalue weighted by atomic mass is 32.1. The van der Waals surface area contributed by atoms with Gasteiger partial charge >= 0.3 is 0 Å². The summed E-state index contributed by atoms with van der Waals surface area (Å²) < 4.78 is 0. The monoisotopic (exact) mass is 359 g/mol. The molecular formula is C22H21N3S. The average Bonchev–Trinajstić information content (AvgIpc) is 3.12. The van der Waals surface area contributed by atoms with E-state index in [4.69, 9.17) is 10.7 Å². The molecule has 0 bridgehead atoms. The molecule has 130 valence electrons. The third kappa shape index (κ3) is 3.23. The number of thiazole rings is 1. The van der Waals surface area contributed by atoms with Crippen LogP contribution in [0, 0.1) is 18.3 Å². The minimum Gasteiger partial charge on any atom is -0.398 e. The van der Waals surface area contributed by atoms with Crippen molar-refractivity contribution in [1.29, 1.82) is 5.26 Å². The van der Waals surface area contributed by atoms with Crippen LogP contribution in [0.25, 0.3) is 11.3 Å². The second kappa shape index (κ2) is 6.93. The zero-order valence-corrected chi connectivity index (χ0v) is 15.7. The lowest BCUT2D eigenvalue weighted by atomic mass is 9.90. The Balaban J connectivity index is 1.60. The molecule has 0 radical (unpaired) electrons. The number of anilines is 1. The van der Waals surface area contributed by atoms with Gasteiger partial charge in [0.2, 0.25) is 0 Å². The van der Waals surface area contributed by atoms with Crippen molar-refractivity contribution in [2.45, 2.75) is 39.0 Å². The highest BCUT2D eigenvalue weighted by Crippen LogP contribution is 2.29. The number of nitrogen functional groups attached to an aromatic ring is 1. The Morgan fingerprint density at radius 1 is 1.15 bits per heavy atom. The van der Waals surface area contributed by atoms with Gasteiger partial charge in [-0.15, -0.1) is 11.3 Å². The van der Waals surface area contributed by atoms with Crippen LogP contribution in [0.3, 0.4) is 0 Å². The van der Waals surface area contributed by atoms with Crippen LogP contribution in [0.2, 0.25) is 0 Å². The van der Waals surface area contributed by atoms with E-state index < -0.39 is 0 Å². The van der Waals surface area contributed by atoms with Crippen molar-refractivity contribution in [1.82, 2.24) is 4.98 Å². The summed E-state index contributed by atoms with van der Waals surface area (Å²) in [6, 6.07) is 12.7. The molecule has 1 aliphatic rings. The predicted octanol–water partition coefficient (Wildman–Crippen LogP) is 5.04. The van der Waals surface area contributed by atoms with Crippen LogP contribution in [-0.2, 0) is 19.3 Å². The maximum atomic E-state index is 9.21. The molecule has 0 unspecified atom stereocenters. The first-order chi connectivity index (χ1) is 12.6. The molecule has 0 saturated carbocycles. The fourth-order valence-corrected chi connectivity index (χ4v) is 4.47. The van der Waals surface area contributed by atoms with E-state index in [1.54, 1.807) is 11.3 Å². The summed E-state index contributed by atoms with van der Waals surface area (Å²) in [6.45, 7) is 2.03. The maximum Gasteiger partial charge on any atom is 0.101 e. The first-order valence-corrected chi connectivity index (χ1v) is 9.87. The third-order valence-electron chi connectivity index (χ3n) is 5.17. The van der Waals surface area contributed by atoms with Crippen molar-refractivity contribution >= 4 is 17.0 Å². The fraction of sp³-hybridized carbons (Fsp3) is 0.273. The SMILES string of the molecule is Cc1cc(N)c(C#N)cc1Cc1nc(-c2ccc3c(c2)CCCC3)cs1. The van der Waals surface area contributed by atoms with E-state index in [2.05, 4.69) is 29.6 Å². The Hall–Kier alpha value is -2.64. The van der Waals surface area contributed by atoms with Crippen LogP contribution >= 0.6 is 11.3 Å². The van der Waals surface area contributed by atoms with E-state index in [-0.39, 0.29) is 0 Å². The number of nitriles is 1. The summed E-state index contributed by atoms with van der Waals surface area (Å²) in [5.74, 6) is 0. The maximum absolute atomic E-state index is 9.21. The Morgan fingerprint density at radius 2 is 1.96 bits per heavy atom. The molecule has 3 aromatic rings. The largest absolute Gasteiger partial charge is 0.398 e. The van der Waals surface area contributed by atoms with E-state index in [1.165, 1.54) is 42.4 Å². The normalized spacial score (nSPS) is 13.2. The van der Waals surface area contributed by atoms with Crippen LogP contribution < -0.4 is 5.73 Å². The molecular weight excluding hydrogens is 338 g/mol. The van der Waals surface area contributed by atoms with E-state index in [0.717, 1.165) is 28.2 Å². The van der Waals surface area contributed by atoms with Gasteiger partial charge in [0.1, 0.15) is 6.07 Å². The van der Waals surface area contributed by atoms with Gasteiger partial charge in [0, 0.05) is 23.1 Å². The number of aromatic nitrogens is 1. The highest BCUT2D eigenvalue weighted by Gasteiger charge is 2.13. The summed E-state index contributed by atoms with van der Waals surface area (Å²) in [7, 11) is 0. The van der Waals surface area contributed by atoms with Gasteiger partial charge < -0.3 is 5.73 Å². The highest BCUT2D eigenvalue weighted by molar-refractivity contribution is 7.10. The smallest absolute Gasteiger partial charge is 0.101 e. The van der Waals surface area contributed by atoms with E-state index in [0.29, 0.717) is 11.3 Å². The van der Waals surface area contributed by atoms with Crippen LogP contribution in [0.15, 0.2) is 35.7 Å². The molecule has 2 aromatic carbocycles.